The molecule has 3 saturated carbocycles. The van der Waals surface area contributed by atoms with E-state index in [0.717, 1.165) is 6.92 Å². The highest BCUT2D eigenvalue weighted by Gasteiger charge is 2.75. The largest absolute Gasteiger partial charge is 0.456 e. The first-order valence-electron chi connectivity index (χ1n) is 15.3. The van der Waals surface area contributed by atoms with Crippen LogP contribution in [0.2, 0.25) is 0 Å². The van der Waals surface area contributed by atoms with Crippen molar-refractivity contribution in [3.8, 4) is 0 Å². The highest BCUT2D eigenvalue weighted by molar-refractivity contribution is 8.13. The number of ether oxygens (including phenoxy) is 1. The number of aliphatic hydroxyl groups is 2. The number of rotatable bonds is 12. The van der Waals surface area contributed by atoms with Crippen molar-refractivity contribution in [3.63, 3.8) is 0 Å². The minimum absolute atomic E-state index is 0.0691. The van der Waals surface area contributed by atoms with Crippen LogP contribution in [-0.2, 0) is 33.5 Å². The fourth-order valence-electron chi connectivity index (χ4n) is 8.51. The molecule has 9 atom stereocenters. The van der Waals surface area contributed by atoms with Crippen LogP contribution in [-0.4, -0.2) is 86.2 Å². The van der Waals surface area contributed by atoms with Gasteiger partial charge in [0.25, 0.3) is 5.09 Å². The van der Waals surface area contributed by atoms with E-state index in [0.29, 0.717) is 30.2 Å². The Morgan fingerprint density at radius 1 is 1.26 bits per heavy atom. The quantitative estimate of drug-likeness (QED) is 0.119. The van der Waals surface area contributed by atoms with Crippen molar-refractivity contribution in [1.29, 1.82) is 0 Å². The Morgan fingerprint density at radius 2 is 1.96 bits per heavy atom. The average Bonchev–Trinajstić information content (AvgIpc) is 3.18. The van der Waals surface area contributed by atoms with Crippen LogP contribution in [0.25, 0.3) is 0 Å². The fraction of sp³-hybridized carbons (Fsp3) is 0.710. The number of alkyl halides is 1. The maximum atomic E-state index is 17.4. The molecule has 4 aliphatic carbocycles. The van der Waals surface area contributed by atoms with Crippen molar-refractivity contribution in [3.05, 3.63) is 33.9 Å². The first-order valence-corrected chi connectivity index (χ1v) is 16.3. The minimum Gasteiger partial charge on any atom is -0.456 e. The Kier molecular flexibility index (Phi) is 10.2. The van der Waals surface area contributed by atoms with Gasteiger partial charge in [-0.2, -0.15) is 0 Å². The molecule has 254 valence electrons. The zero-order chi connectivity index (χ0) is 34.2. The molecular formula is C31H41FN2O11S. The number of amides is 1. The van der Waals surface area contributed by atoms with Gasteiger partial charge in [0, 0.05) is 35.8 Å². The molecule has 0 aromatic rings. The van der Waals surface area contributed by atoms with E-state index in [1.165, 1.54) is 18.2 Å². The topological polar surface area (TPSA) is 199 Å². The van der Waals surface area contributed by atoms with Gasteiger partial charge >= 0.3 is 5.97 Å². The predicted molar refractivity (Wildman–Crippen MR) is 161 cm³/mol. The van der Waals surface area contributed by atoms with Crippen LogP contribution in [0.3, 0.4) is 0 Å². The predicted octanol–water partition coefficient (Wildman–Crippen LogP) is 2.20. The van der Waals surface area contributed by atoms with Crippen molar-refractivity contribution in [1.82, 2.24) is 5.32 Å². The van der Waals surface area contributed by atoms with Crippen LogP contribution >= 0.6 is 11.8 Å². The van der Waals surface area contributed by atoms with E-state index in [2.05, 4.69) is 10.2 Å². The molecule has 15 heteroatoms. The molecular weight excluding hydrogens is 627 g/mol. The summed E-state index contributed by atoms with van der Waals surface area (Å²) in [5, 5.41) is 34.8. The van der Waals surface area contributed by atoms with Crippen molar-refractivity contribution < 1.29 is 53.2 Å². The van der Waals surface area contributed by atoms with Crippen LogP contribution in [0.1, 0.15) is 66.2 Å². The number of hydrogen-bond donors (Lipinski definition) is 3. The smallest absolute Gasteiger partial charge is 0.329 e. The fourth-order valence-corrected chi connectivity index (χ4v) is 9.37. The highest BCUT2D eigenvalue weighted by Crippen LogP contribution is 2.70. The molecule has 0 bridgehead atoms. The average molecular weight is 669 g/mol. The number of carbonyl (C=O) groups is 5. The molecule has 46 heavy (non-hydrogen) atoms. The zero-order valence-electron chi connectivity index (χ0n) is 26.3. The first-order chi connectivity index (χ1) is 21.4. The number of thioether (sulfide) groups is 1. The molecule has 0 aromatic heterocycles. The molecule has 13 nitrogen and oxygen atoms in total. The summed E-state index contributed by atoms with van der Waals surface area (Å²) >= 11 is 0.700. The van der Waals surface area contributed by atoms with Crippen LogP contribution in [0.5, 0.6) is 0 Å². The van der Waals surface area contributed by atoms with E-state index < -0.39 is 86.5 Å². The summed E-state index contributed by atoms with van der Waals surface area (Å²) in [7, 11) is 0. The van der Waals surface area contributed by atoms with Gasteiger partial charge in [0.2, 0.25) is 11.7 Å². The summed E-state index contributed by atoms with van der Waals surface area (Å²) < 4.78 is 22.6. The number of aliphatic hydroxyl groups excluding tert-OH is 1. The number of nitrogens with zero attached hydrogens (tertiary/aromatic N) is 1. The summed E-state index contributed by atoms with van der Waals surface area (Å²) in [6.45, 7) is 5.03. The lowest BCUT2D eigenvalue weighted by molar-refractivity contribution is -0.757. The van der Waals surface area contributed by atoms with Crippen molar-refractivity contribution >= 4 is 40.3 Å². The molecule has 1 amide bonds. The Hall–Kier alpha value is -3.17. The molecule has 0 saturated heterocycles. The van der Waals surface area contributed by atoms with Crippen LogP contribution in [0, 0.1) is 38.7 Å². The van der Waals surface area contributed by atoms with E-state index in [1.807, 2.05) is 0 Å². The third-order valence-electron chi connectivity index (χ3n) is 10.8. The molecule has 3 fully saturated rings. The molecule has 0 unspecified atom stereocenters. The van der Waals surface area contributed by atoms with E-state index in [1.54, 1.807) is 20.8 Å². The van der Waals surface area contributed by atoms with Crippen molar-refractivity contribution in [2.75, 3.05) is 19.0 Å². The molecule has 0 heterocycles. The van der Waals surface area contributed by atoms with Gasteiger partial charge in [0.15, 0.2) is 23.2 Å². The van der Waals surface area contributed by atoms with Gasteiger partial charge in [0.1, 0.15) is 11.6 Å². The second-order valence-electron chi connectivity index (χ2n) is 13.3. The number of halogens is 1. The zero-order valence-corrected chi connectivity index (χ0v) is 27.1. The van der Waals surface area contributed by atoms with Gasteiger partial charge in [-0.05, 0) is 63.0 Å². The van der Waals surface area contributed by atoms with Crippen LogP contribution < -0.4 is 5.32 Å². The molecule has 0 radical (unpaired) electrons. The van der Waals surface area contributed by atoms with E-state index in [-0.39, 0.29) is 43.8 Å². The monoisotopic (exact) mass is 668 g/mol. The Labute approximate surface area is 269 Å². The number of esters is 1. The van der Waals surface area contributed by atoms with E-state index in [4.69, 9.17) is 4.74 Å². The van der Waals surface area contributed by atoms with Gasteiger partial charge < -0.3 is 25.1 Å². The molecule has 0 aromatic carbocycles. The lowest BCUT2D eigenvalue weighted by Crippen LogP contribution is -2.69. The summed E-state index contributed by atoms with van der Waals surface area (Å²) in [6, 6.07) is -1.31. The number of Topliss-reactive ketones (excluding diaryl/α,β-unsaturated/α-hetero) is 1. The van der Waals surface area contributed by atoms with Gasteiger partial charge in [-0.15, -0.1) is 10.1 Å². The molecule has 4 aliphatic rings. The summed E-state index contributed by atoms with van der Waals surface area (Å²) in [5.41, 5.74) is -6.09. The van der Waals surface area contributed by atoms with Crippen LogP contribution in [0.4, 0.5) is 4.39 Å². The number of ketones is 2. The van der Waals surface area contributed by atoms with E-state index >= 15 is 4.39 Å². The molecule has 0 spiro atoms. The Bertz CT molecular complexity index is 1370. The van der Waals surface area contributed by atoms with Crippen LogP contribution in [0.15, 0.2) is 23.8 Å². The maximum Gasteiger partial charge on any atom is 0.329 e. The second-order valence-corrected chi connectivity index (χ2v) is 14.4. The molecule has 3 N–H and O–H groups in total. The number of fused-ring (bicyclic) bond motifs is 5. The number of nitrogens with one attached hydrogen (secondary N) is 1. The van der Waals surface area contributed by atoms with Gasteiger partial charge in [-0.25, -0.2) is 9.18 Å². The van der Waals surface area contributed by atoms with Gasteiger partial charge in [0.05, 0.1) is 12.7 Å². The first kappa shape index (κ1) is 35.7. The van der Waals surface area contributed by atoms with Gasteiger partial charge in [-0.3, -0.25) is 19.2 Å². The number of allylic oxidation sites excluding steroid dienone is 4. The van der Waals surface area contributed by atoms with Crippen molar-refractivity contribution in [2.24, 2.45) is 28.6 Å². The SMILES string of the molecule is CC(=O)N[C@@H](CSC(=O)CCCO[N+](=O)[O-])C(=O)OCC(=O)[C@@]1(O)[C@H](C)C[C@H]2[C@@H]3CCC4=CC(=O)C=C[C@]4(C)[C@@]3(F)[C@@H](O)C[C@@]21C. The van der Waals surface area contributed by atoms with Gasteiger partial charge in [-0.1, -0.05) is 37.3 Å². The maximum absolute atomic E-state index is 17.4. The normalized spacial score (nSPS) is 36.8. The molecule has 4 rings (SSSR count). The standard InChI is InChI=1S/C31H41FN2O11S/c1-17-12-22-21-8-7-19-13-20(36)9-10-28(19,3)30(21,32)24(37)14-29(22,4)31(17,41)25(38)15-44-27(40)23(33-18(2)35)16-46-26(39)6-5-11-45-34(42)43/h9-10,13,17,21-24,37,41H,5-8,11-12,14-16H2,1-4H3,(H,33,35)/t17-,21+,22+,23+,24+,28+,29+,30+,31+/m1/s1. The lowest BCUT2D eigenvalue weighted by Gasteiger charge is -2.62. The minimum atomic E-state index is -2.14. The summed E-state index contributed by atoms with van der Waals surface area (Å²) in [5.74, 6) is -4.80. The molecule has 0 aliphatic heterocycles. The lowest BCUT2D eigenvalue weighted by atomic mass is 9.44. The summed E-state index contributed by atoms with van der Waals surface area (Å²) in [4.78, 5) is 77.1. The third kappa shape index (κ3) is 6.01. The number of hydrogen-bond acceptors (Lipinski definition) is 12. The Balaban J connectivity index is 1.45. The number of carbonyl (C=O) groups excluding carboxylic acids is 5. The third-order valence-corrected chi connectivity index (χ3v) is 11.8. The summed E-state index contributed by atoms with van der Waals surface area (Å²) in [6.07, 6.45) is 3.49. The van der Waals surface area contributed by atoms with Crippen molar-refractivity contribution in [2.45, 2.75) is 89.6 Å². The Morgan fingerprint density at radius 3 is 2.61 bits per heavy atom. The van der Waals surface area contributed by atoms with E-state index in [9.17, 15) is 44.3 Å². The second kappa shape index (κ2) is 13.1. The highest BCUT2D eigenvalue weighted by atomic mass is 32.2.